The molecule has 0 aliphatic heterocycles. The average Bonchev–Trinajstić information content (AvgIpc) is 3.23. The number of nitrogens with one attached hydrogen (secondary N) is 2. The van der Waals surface area contributed by atoms with Crippen LogP contribution in [0.4, 0.5) is 5.00 Å². The van der Waals surface area contributed by atoms with Crippen molar-refractivity contribution >= 4 is 39.6 Å². The highest BCUT2D eigenvalue weighted by atomic mass is 32.1. The Labute approximate surface area is 188 Å². The first-order valence-electron chi connectivity index (χ1n) is 10.7. The normalized spacial score (nSPS) is 15.1. The van der Waals surface area contributed by atoms with Crippen LogP contribution in [0.2, 0.25) is 0 Å². The standard InChI is InChI=1S/C22H32N4O2S2/c1-5-28-20(27)18-15-10-7-6-8-11-16(15)30-19(18)25-21(29)24-17(22(2,3)4)14-26-13-9-12-23-26/h9,12-13,17H,5-8,10-11,14H2,1-4H3,(H2,24,25,29). The highest BCUT2D eigenvalue weighted by molar-refractivity contribution is 7.80. The van der Waals surface area contributed by atoms with Gasteiger partial charge in [0.15, 0.2) is 5.11 Å². The van der Waals surface area contributed by atoms with Gasteiger partial charge in [-0.3, -0.25) is 4.68 Å². The van der Waals surface area contributed by atoms with Crippen LogP contribution in [0.15, 0.2) is 18.5 Å². The van der Waals surface area contributed by atoms with Gasteiger partial charge in [0.2, 0.25) is 0 Å². The molecule has 1 atom stereocenters. The maximum absolute atomic E-state index is 12.8. The number of ether oxygens (including phenoxy) is 1. The molecule has 164 valence electrons. The van der Waals surface area contributed by atoms with Gasteiger partial charge in [-0.2, -0.15) is 5.10 Å². The molecule has 6 nitrogen and oxygen atoms in total. The van der Waals surface area contributed by atoms with Crippen LogP contribution in [0.3, 0.4) is 0 Å². The Morgan fingerprint density at radius 3 is 2.77 bits per heavy atom. The largest absolute Gasteiger partial charge is 0.462 e. The van der Waals surface area contributed by atoms with Gasteiger partial charge in [-0.1, -0.05) is 27.2 Å². The molecule has 1 unspecified atom stereocenters. The van der Waals surface area contributed by atoms with Gasteiger partial charge in [-0.15, -0.1) is 11.3 Å². The van der Waals surface area contributed by atoms with Crippen LogP contribution in [0.25, 0.3) is 0 Å². The highest BCUT2D eigenvalue weighted by Gasteiger charge is 2.29. The Balaban J connectivity index is 1.80. The summed E-state index contributed by atoms with van der Waals surface area (Å²) in [5, 5.41) is 12.4. The van der Waals surface area contributed by atoms with E-state index in [0.717, 1.165) is 36.2 Å². The minimum Gasteiger partial charge on any atom is -0.462 e. The van der Waals surface area contributed by atoms with E-state index in [1.165, 1.54) is 11.3 Å². The fraction of sp³-hybridized carbons (Fsp3) is 0.591. The third-order valence-electron chi connectivity index (χ3n) is 5.41. The molecule has 0 amide bonds. The van der Waals surface area contributed by atoms with Crippen LogP contribution >= 0.6 is 23.6 Å². The van der Waals surface area contributed by atoms with Crippen molar-refractivity contribution < 1.29 is 9.53 Å². The van der Waals surface area contributed by atoms with Crippen molar-refractivity contribution in [2.75, 3.05) is 11.9 Å². The molecule has 0 saturated heterocycles. The monoisotopic (exact) mass is 448 g/mol. The molecule has 2 heterocycles. The van der Waals surface area contributed by atoms with Gasteiger partial charge in [0, 0.05) is 17.3 Å². The SMILES string of the molecule is CCOC(=O)c1c(NC(=S)NC(Cn2cccn2)C(C)(C)C)sc2c1CCCCC2. The molecule has 0 spiro atoms. The molecule has 8 heteroatoms. The number of aryl methyl sites for hydroxylation is 1. The number of aromatic nitrogens is 2. The summed E-state index contributed by atoms with van der Waals surface area (Å²) in [6, 6.07) is 1.99. The molecule has 1 aliphatic carbocycles. The van der Waals surface area contributed by atoms with Crippen molar-refractivity contribution in [1.82, 2.24) is 15.1 Å². The fourth-order valence-corrected chi connectivity index (χ4v) is 5.27. The minimum atomic E-state index is -0.258. The molecule has 2 N–H and O–H groups in total. The first-order valence-corrected chi connectivity index (χ1v) is 11.9. The molecule has 0 bridgehead atoms. The van der Waals surface area contributed by atoms with Gasteiger partial charge in [0.25, 0.3) is 0 Å². The first kappa shape index (κ1) is 22.7. The second-order valence-electron chi connectivity index (χ2n) is 8.73. The van der Waals surface area contributed by atoms with Gasteiger partial charge < -0.3 is 15.4 Å². The van der Waals surface area contributed by atoms with Crippen molar-refractivity contribution in [2.24, 2.45) is 5.41 Å². The highest BCUT2D eigenvalue weighted by Crippen LogP contribution is 2.38. The predicted molar refractivity (Wildman–Crippen MR) is 126 cm³/mol. The van der Waals surface area contributed by atoms with E-state index in [1.54, 1.807) is 17.5 Å². The van der Waals surface area contributed by atoms with Crippen LogP contribution in [-0.4, -0.2) is 33.5 Å². The second-order valence-corrected chi connectivity index (χ2v) is 10.2. The van der Waals surface area contributed by atoms with E-state index in [1.807, 2.05) is 23.9 Å². The lowest BCUT2D eigenvalue weighted by Crippen LogP contribution is -2.48. The van der Waals surface area contributed by atoms with Gasteiger partial charge in [-0.25, -0.2) is 4.79 Å². The first-order chi connectivity index (χ1) is 14.3. The second kappa shape index (κ2) is 9.92. The molecule has 2 aromatic rings. The molecule has 1 aliphatic rings. The van der Waals surface area contributed by atoms with Gasteiger partial charge in [0.05, 0.1) is 24.8 Å². The van der Waals surface area contributed by atoms with E-state index in [9.17, 15) is 4.79 Å². The molecule has 2 aromatic heterocycles. The number of carbonyl (C=O) groups is 1. The maximum Gasteiger partial charge on any atom is 0.341 e. The van der Waals surface area contributed by atoms with Crippen LogP contribution in [0, 0.1) is 5.41 Å². The lowest BCUT2D eigenvalue weighted by molar-refractivity contribution is 0.0527. The summed E-state index contributed by atoms with van der Waals surface area (Å²) >= 11 is 7.30. The molecular weight excluding hydrogens is 416 g/mol. The van der Waals surface area contributed by atoms with Crippen molar-refractivity contribution in [3.05, 3.63) is 34.5 Å². The predicted octanol–water partition coefficient (Wildman–Crippen LogP) is 4.79. The van der Waals surface area contributed by atoms with E-state index >= 15 is 0 Å². The van der Waals surface area contributed by atoms with Gasteiger partial charge in [-0.05, 0) is 61.9 Å². The van der Waals surface area contributed by atoms with E-state index in [4.69, 9.17) is 17.0 Å². The number of hydrogen-bond acceptors (Lipinski definition) is 5. The van der Waals surface area contributed by atoms with Crippen LogP contribution in [-0.2, 0) is 24.1 Å². The number of carbonyl (C=O) groups excluding carboxylic acids is 1. The van der Waals surface area contributed by atoms with E-state index in [2.05, 4.69) is 36.5 Å². The number of thiocarbonyl (C=S) groups is 1. The Kier molecular flexibility index (Phi) is 7.52. The molecule has 3 rings (SSSR count). The zero-order valence-corrected chi connectivity index (χ0v) is 19.9. The Hall–Kier alpha value is -1.93. The number of fused-ring (bicyclic) bond motifs is 1. The van der Waals surface area contributed by atoms with Crippen molar-refractivity contribution in [3.8, 4) is 0 Å². The Bertz CT molecular complexity index is 869. The maximum atomic E-state index is 12.8. The molecule has 0 radical (unpaired) electrons. The smallest absolute Gasteiger partial charge is 0.341 e. The molecule has 30 heavy (non-hydrogen) atoms. The summed E-state index contributed by atoms with van der Waals surface area (Å²) in [7, 11) is 0. The number of hydrogen-bond donors (Lipinski definition) is 2. The van der Waals surface area contributed by atoms with Crippen LogP contribution in [0.5, 0.6) is 0 Å². The summed E-state index contributed by atoms with van der Waals surface area (Å²) in [4.78, 5) is 14.0. The fourth-order valence-electron chi connectivity index (χ4n) is 3.68. The molecular formula is C22H32N4O2S2. The number of anilines is 1. The minimum absolute atomic E-state index is 0.0335. The zero-order chi connectivity index (χ0) is 21.7. The number of esters is 1. The molecule has 0 aromatic carbocycles. The van der Waals surface area contributed by atoms with Gasteiger partial charge >= 0.3 is 5.97 Å². The van der Waals surface area contributed by atoms with Gasteiger partial charge in [0.1, 0.15) is 5.00 Å². The summed E-state index contributed by atoms with van der Waals surface area (Å²) < 4.78 is 7.28. The van der Waals surface area contributed by atoms with Crippen molar-refractivity contribution in [3.63, 3.8) is 0 Å². The number of rotatable bonds is 6. The van der Waals surface area contributed by atoms with Crippen molar-refractivity contribution in [2.45, 2.75) is 72.4 Å². The third kappa shape index (κ3) is 5.60. The summed E-state index contributed by atoms with van der Waals surface area (Å²) in [5.74, 6) is -0.258. The van der Waals surface area contributed by atoms with Crippen molar-refractivity contribution in [1.29, 1.82) is 0 Å². The van der Waals surface area contributed by atoms with E-state index < -0.39 is 0 Å². The lowest BCUT2D eigenvalue weighted by atomic mass is 9.87. The summed E-state index contributed by atoms with van der Waals surface area (Å²) in [6.45, 7) is 9.42. The zero-order valence-electron chi connectivity index (χ0n) is 18.3. The summed E-state index contributed by atoms with van der Waals surface area (Å²) in [6.07, 6.45) is 9.13. The lowest BCUT2D eigenvalue weighted by Gasteiger charge is -2.32. The average molecular weight is 449 g/mol. The topological polar surface area (TPSA) is 68.2 Å². The molecule has 0 saturated carbocycles. The Morgan fingerprint density at radius 1 is 1.33 bits per heavy atom. The quantitative estimate of drug-likeness (QED) is 0.376. The summed E-state index contributed by atoms with van der Waals surface area (Å²) in [5.41, 5.74) is 1.78. The molecule has 0 fully saturated rings. The Morgan fingerprint density at radius 2 is 2.10 bits per heavy atom. The number of nitrogens with zero attached hydrogens (tertiary/aromatic N) is 2. The van der Waals surface area contributed by atoms with E-state index in [-0.39, 0.29) is 17.4 Å². The van der Waals surface area contributed by atoms with E-state index in [0.29, 0.717) is 23.8 Å². The van der Waals surface area contributed by atoms with Crippen LogP contribution < -0.4 is 10.6 Å². The number of thiophene rings is 1. The third-order valence-corrected chi connectivity index (χ3v) is 6.83. The van der Waals surface area contributed by atoms with Crippen LogP contribution in [0.1, 0.15) is 67.8 Å².